The number of nitrogens with zero attached hydrogens (tertiary/aromatic N) is 1. The van der Waals surface area contributed by atoms with Gasteiger partial charge in [-0.05, 0) is 36.2 Å². The van der Waals surface area contributed by atoms with Gasteiger partial charge in [-0.15, -0.1) is 0 Å². The van der Waals surface area contributed by atoms with Crippen molar-refractivity contribution >= 4 is 29.4 Å². The fourth-order valence-electron chi connectivity index (χ4n) is 2.26. The molecule has 3 rings (SSSR count). The molecule has 0 aliphatic heterocycles. The van der Waals surface area contributed by atoms with Gasteiger partial charge in [0.2, 0.25) is 0 Å². The summed E-state index contributed by atoms with van der Waals surface area (Å²) in [6.45, 7) is 0.443. The van der Waals surface area contributed by atoms with Crippen LogP contribution in [0.2, 0.25) is 5.02 Å². The first kappa shape index (κ1) is 17.7. The maximum absolute atomic E-state index is 12.1. The standard InChI is InChI=1S/C19H16ClN3O3/c20-15-8-6-13(7-9-15)10-11-21-18(25)16-12-26-19(22-16)23-17(24)14-4-2-1-3-5-14/h1-9,12H,10-11H2,(H,21,25)(H,22,23,24). The number of hydrogen-bond donors (Lipinski definition) is 2. The number of amides is 2. The Morgan fingerprint density at radius 3 is 2.46 bits per heavy atom. The molecule has 0 saturated carbocycles. The number of anilines is 1. The number of halogens is 1. The van der Waals surface area contributed by atoms with Crippen molar-refractivity contribution in [2.24, 2.45) is 0 Å². The minimum absolute atomic E-state index is 0.0262. The average Bonchev–Trinajstić information content (AvgIpc) is 3.12. The van der Waals surface area contributed by atoms with Gasteiger partial charge in [0.25, 0.3) is 11.8 Å². The zero-order valence-corrected chi connectivity index (χ0v) is 14.5. The molecule has 2 aromatic carbocycles. The van der Waals surface area contributed by atoms with Crippen molar-refractivity contribution < 1.29 is 14.0 Å². The van der Waals surface area contributed by atoms with E-state index < -0.39 is 0 Å². The summed E-state index contributed by atoms with van der Waals surface area (Å²) in [7, 11) is 0. The Morgan fingerprint density at radius 1 is 1.00 bits per heavy atom. The molecule has 0 radical (unpaired) electrons. The highest BCUT2D eigenvalue weighted by molar-refractivity contribution is 6.30. The lowest BCUT2D eigenvalue weighted by atomic mass is 10.1. The van der Waals surface area contributed by atoms with E-state index >= 15 is 0 Å². The lowest BCUT2D eigenvalue weighted by Crippen LogP contribution is -2.26. The third-order valence-electron chi connectivity index (χ3n) is 3.61. The summed E-state index contributed by atoms with van der Waals surface area (Å²) in [5.41, 5.74) is 1.63. The molecule has 1 aromatic heterocycles. The van der Waals surface area contributed by atoms with E-state index in [0.29, 0.717) is 23.6 Å². The van der Waals surface area contributed by atoms with Crippen LogP contribution in [0.1, 0.15) is 26.4 Å². The molecule has 0 spiro atoms. The molecule has 0 saturated heterocycles. The Kier molecular flexibility index (Phi) is 5.66. The van der Waals surface area contributed by atoms with Crippen LogP contribution >= 0.6 is 11.6 Å². The van der Waals surface area contributed by atoms with Gasteiger partial charge in [-0.2, -0.15) is 4.98 Å². The molecule has 0 unspecified atom stereocenters. The number of aromatic nitrogens is 1. The van der Waals surface area contributed by atoms with Gasteiger partial charge in [0.1, 0.15) is 6.26 Å². The van der Waals surface area contributed by atoms with Crippen LogP contribution < -0.4 is 10.6 Å². The van der Waals surface area contributed by atoms with Crippen LogP contribution in [0.4, 0.5) is 6.01 Å². The Bertz CT molecular complexity index is 892. The number of nitrogens with one attached hydrogen (secondary N) is 2. The summed E-state index contributed by atoms with van der Waals surface area (Å²) in [5, 5.41) is 5.94. The first-order chi connectivity index (χ1) is 12.6. The van der Waals surface area contributed by atoms with Crippen LogP contribution in [-0.2, 0) is 6.42 Å². The lowest BCUT2D eigenvalue weighted by molar-refractivity contribution is 0.0948. The fraction of sp³-hybridized carbons (Fsp3) is 0.105. The number of hydrogen-bond acceptors (Lipinski definition) is 4. The molecule has 1 heterocycles. The van der Waals surface area contributed by atoms with Crippen LogP contribution in [0, 0.1) is 0 Å². The van der Waals surface area contributed by atoms with E-state index in [9.17, 15) is 9.59 Å². The molecule has 7 heteroatoms. The smallest absolute Gasteiger partial charge is 0.302 e. The van der Waals surface area contributed by atoms with Crippen molar-refractivity contribution in [1.82, 2.24) is 10.3 Å². The van der Waals surface area contributed by atoms with Crippen LogP contribution in [-0.4, -0.2) is 23.3 Å². The van der Waals surface area contributed by atoms with E-state index in [-0.39, 0.29) is 23.5 Å². The van der Waals surface area contributed by atoms with Gasteiger partial charge < -0.3 is 9.73 Å². The minimum atomic E-state index is -0.372. The first-order valence-electron chi connectivity index (χ1n) is 7.96. The van der Waals surface area contributed by atoms with Gasteiger partial charge in [0.15, 0.2) is 5.69 Å². The highest BCUT2D eigenvalue weighted by Crippen LogP contribution is 2.11. The summed E-state index contributed by atoms with van der Waals surface area (Å²) in [6.07, 6.45) is 1.87. The number of benzene rings is 2. The zero-order valence-electron chi connectivity index (χ0n) is 13.7. The molecule has 2 N–H and O–H groups in total. The number of carbonyl (C=O) groups is 2. The van der Waals surface area contributed by atoms with Gasteiger partial charge >= 0.3 is 6.01 Å². The second-order valence-electron chi connectivity index (χ2n) is 5.49. The monoisotopic (exact) mass is 369 g/mol. The molecule has 0 atom stereocenters. The fourth-order valence-corrected chi connectivity index (χ4v) is 2.38. The van der Waals surface area contributed by atoms with Gasteiger partial charge in [-0.25, -0.2) is 0 Å². The predicted molar refractivity (Wildman–Crippen MR) is 98.4 cm³/mol. The average molecular weight is 370 g/mol. The molecule has 3 aromatic rings. The predicted octanol–water partition coefficient (Wildman–Crippen LogP) is 3.55. The van der Waals surface area contributed by atoms with Crippen molar-refractivity contribution in [3.8, 4) is 0 Å². The van der Waals surface area contributed by atoms with E-state index in [4.69, 9.17) is 16.0 Å². The summed E-state index contributed by atoms with van der Waals surface area (Å²) < 4.78 is 5.14. The quantitative estimate of drug-likeness (QED) is 0.695. The zero-order chi connectivity index (χ0) is 18.4. The Labute approximate surface area is 155 Å². The minimum Gasteiger partial charge on any atom is -0.431 e. The van der Waals surface area contributed by atoms with Crippen molar-refractivity contribution in [2.75, 3.05) is 11.9 Å². The van der Waals surface area contributed by atoms with Crippen molar-refractivity contribution in [1.29, 1.82) is 0 Å². The van der Waals surface area contributed by atoms with Gasteiger partial charge in [0, 0.05) is 17.1 Å². The van der Waals surface area contributed by atoms with Crippen LogP contribution in [0.3, 0.4) is 0 Å². The summed E-state index contributed by atoms with van der Waals surface area (Å²) in [5.74, 6) is -0.731. The van der Waals surface area contributed by atoms with E-state index in [1.165, 1.54) is 6.26 Å². The largest absolute Gasteiger partial charge is 0.431 e. The van der Waals surface area contributed by atoms with Gasteiger partial charge in [-0.1, -0.05) is 41.9 Å². The summed E-state index contributed by atoms with van der Waals surface area (Å²) in [6, 6.07) is 16.1. The number of rotatable bonds is 6. The molecule has 2 amide bonds. The van der Waals surface area contributed by atoms with Crippen LogP contribution in [0.25, 0.3) is 0 Å². The van der Waals surface area contributed by atoms with E-state index in [1.54, 1.807) is 36.4 Å². The Balaban J connectivity index is 1.51. The van der Waals surface area contributed by atoms with Gasteiger partial charge in [0.05, 0.1) is 0 Å². The van der Waals surface area contributed by atoms with Crippen LogP contribution in [0.5, 0.6) is 0 Å². The third-order valence-corrected chi connectivity index (χ3v) is 3.86. The normalized spacial score (nSPS) is 10.3. The lowest BCUT2D eigenvalue weighted by Gasteiger charge is -2.03. The van der Waals surface area contributed by atoms with Gasteiger partial charge in [-0.3, -0.25) is 14.9 Å². The molecule has 132 valence electrons. The molecule has 6 nitrogen and oxygen atoms in total. The Hall–Kier alpha value is -3.12. The number of carbonyl (C=O) groups excluding carboxylic acids is 2. The molecular weight excluding hydrogens is 354 g/mol. The SMILES string of the molecule is O=C(Nc1nc(C(=O)NCCc2ccc(Cl)cc2)co1)c1ccccc1. The maximum Gasteiger partial charge on any atom is 0.302 e. The maximum atomic E-state index is 12.1. The first-order valence-corrected chi connectivity index (χ1v) is 8.34. The van der Waals surface area contributed by atoms with Crippen molar-refractivity contribution in [3.05, 3.63) is 82.7 Å². The van der Waals surface area contributed by atoms with Crippen LogP contribution in [0.15, 0.2) is 65.3 Å². The second kappa shape index (κ2) is 8.31. The molecule has 0 aliphatic carbocycles. The molecule has 0 bridgehead atoms. The number of oxazole rings is 1. The van der Waals surface area contributed by atoms with E-state index in [0.717, 1.165) is 5.56 Å². The summed E-state index contributed by atoms with van der Waals surface area (Å²) >= 11 is 5.84. The second-order valence-corrected chi connectivity index (χ2v) is 5.93. The third kappa shape index (κ3) is 4.70. The molecule has 26 heavy (non-hydrogen) atoms. The summed E-state index contributed by atoms with van der Waals surface area (Å²) in [4.78, 5) is 28.1. The van der Waals surface area contributed by atoms with E-state index in [2.05, 4.69) is 15.6 Å². The van der Waals surface area contributed by atoms with E-state index in [1.807, 2.05) is 18.2 Å². The highest BCUT2D eigenvalue weighted by atomic mass is 35.5. The topological polar surface area (TPSA) is 84.2 Å². The highest BCUT2D eigenvalue weighted by Gasteiger charge is 2.14. The van der Waals surface area contributed by atoms with Crippen molar-refractivity contribution in [3.63, 3.8) is 0 Å². The Morgan fingerprint density at radius 2 is 1.73 bits per heavy atom. The van der Waals surface area contributed by atoms with Crippen molar-refractivity contribution in [2.45, 2.75) is 6.42 Å². The molecular formula is C19H16ClN3O3. The molecule has 0 aliphatic rings. The molecule has 0 fully saturated rings.